The van der Waals surface area contributed by atoms with Crippen molar-refractivity contribution >= 4 is 50.5 Å². The van der Waals surface area contributed by atoms with E-state index in [1.807, 2.05) is 24.3 Å². The van der Waals surface area contributed by atoms with Crippen molar-refractivity contribution in [3.05, 3.63) is 49.6 Å². The molecule has 0 bridgehead atoms. The molecule has 18 heavy (non-hydrogen) atoms. The smallest absolute Gasteiger partial charge is 0.127 e. The van der Waals surface area contributed by atoms with E-state index in [0.717, 1.165) is 38.6 Å². The van der Waals surface area contributed by atoms with Crippen molar-refractivity contribution in [2.45, 2.75) is 11.2 Å². The molecule has 2 heterocycles. The topological polar surface area (TPSA) is 9.23 Å². The Kier molecular flexibility index (Phi) is 3.59. The lowest BCUT2D eigenvalue weighted by Crippen LogP contribution is -1.95. The second-order valence-electron chi connectivity index (χ2n) is 4.09. The van der Waals surface area contributed by atoms with Gasteiger partial charge >= 0.3 is 0 Å². The Morgan fingerprint density at radius 1 is 1.28 bits per heavy atom. The number of alkyl halides is 1. The molecule has 0 saturated carbocycles. The van der Waals surface area contributed by atoms with Gasteiger partial charge in [-0.15, -0.1) is 11.3 Å². The van der Waals surface area contributed by atoms with Crippen LogP contribution in [-0.4, -0.2) is 6.61 Å². The van der Waals surface area contributed by atoms with E-state index in [1.165, 1.54) is 5.56 Å². The van der Waals surface area contributed by atoms with Gasteiger partial charge in [-0.3, -0.25) is 0 Å². The first-order valence-electron chi connectivity index (χ1n) is 5.49. The first-order valence-corrected chi connectivity index (χ1v) is 7.98. The molecule has 3 rings (SSSR count). The van der Waals surface area contributed by atoms with Gasteiger partial charge in [0.25, 0.3) is 0 Å². The SMILES string of the molecule is Clc1cc2c(c(C(Br)c3ccc(Cl)s3)c1)OCC2. The lowest BCUT2D eigenvalue weighted by Gasteiger charge is -2.13. The first kappa shape index (κ1) is 12.8. The normalized spacial score (nSPS) is 15.3. The lowest BCUT2D eigenvalue weighted by molar-refractivity contribution is 0.354. The predicted molar refractivity (Wildman–Crippen MR) is 80.8 cm³/mol. The van der Waals surface area contributed by atoms with Crippen molar-refractivity contribution in [1.29, 1.82) is 0 Å². The number of ether oxygens (including phenoxy) is 1. The summed E-state index contributed by atoms with van der Waals surface area (Å²) < 4.78 is 6.50. The van der Waals surface area contributed by atoms with Crippen molar-refractivity contribution in [3.8, 4) is 5.75 Å². The maximum absolute atomic E-state index is 6.17. The molecule has 1 nitrogen and oxygen atoms in total. The van der Waals surface area contributed by atoms with Gasteiger partial charge < -0.3 is 4.74 Å². The van der Waals surface area contributed by atoms with Crippen LogP contribution < -0.4 is 4.74 Å². The second kappa shape index (κ2) is 5.04. The zero-order valence-electron chi connectivity index (χ0n) is 9.25. The molecule has 1 aromatic heterocycles. The Bertz CT molecular complexity index is 597. The van der Waals surface area contributed by atoms with E-state index in [0.29, 0.717) is 0 Å². The van der Waals surface area contributed by atoms with Gasteiger partial charge in [-0.2, -0.15) is 0 Å². The molecule has 5 heteroatoms. The summed E-state index contributed by atoms with van der Waals surface area (Å²) in [5.74, 6) is 0.964. The fourth-order valence-electron chi connectivity index (χ4n) is 2.10. The minimum Gasteiger partial charge on any atom is -0.493 e. The van der Waals surface area contributed by atoms with E-state index in [1.54, 1.807) is 11.3 Å². The van der Waals surface area contributed by atoms with Gasteiger partial charge in [0.1, 0.15) is 5.75 Å². The Morgan fingerprint density at radius 2 is 2.11 bits per heavy atom. The number of thiophene rings is 1. The zero-order valence-corrected chi connectivity index (χ0v) is 13.2. The van der Waals surface area contributed by atoms with Crippen LogP contribution in [0.4, 0.5) is 0 Å². The number of hydrogen-bond acceptors (Lipinski definition) is 2. The van der Waals surface area contributed by atoms with Crippen molar-refractivity contribution in [2.24, 2.45) is 0 Å². The van der Waals surface area contributed by atoms with Crippen LogP contribution in [-0.2, 0) is 6.42 Å². The zero-order chi connectivity index (χ0) is 12.7. The average Bonchev–Trinajstić information content (AvgIpc) is 2.95. The average molecular weight is 364 g/mol. The highest BCUT2D eigenvalue weighted by atomic mass is 79.9. The minimum atomic E-state index is 0.0700. The first-order chi connectivity index (χ1) is 8.65. The van der Waals surface area contributed by atoms with Crippen LogP contribution in [0.5, 0.6) is 5.75 Å². The van der Waals surface area contributed by atoms with E-state index < -0.39 is 0 Å². The maximum Gasteiger partial charge on any atom is 0.127 e. The van der Waals surface area contributed by atoms with E-state index >= 15 is 0 Å². The number of fused-ring (bicyclic) bond motifs is 1. The molecule has 0 radical (unpaired) electrons. The molecular weight excluding hydrogens is 355 g/mol. The van der Waals surface area contributed by atoms with E-state index in [2.05, 4.69) is 15.9 Å². The van der Waals surface area contributed by atoms with E-state index in [-0.39, 0.29) is 4.83 Å². The monoisotopic (exact) mass is 362 g/mol. The summed E-state index contributed by atoms with van der Waals surface area (Å²) in [5, 5.41) is 0.751. The molecule has 0 amide bonds. The van der Waals surface area contributed by atoms with Gasteiger partial charge in [0.15, 0.2) is 0 Å². The second-order valence-corrected chi connectivity index (χ2v) is 7.18. The molecule has 1 aliphatic heterocycles. The van der Waals surface area contributed by atoms with E-state index in [4.69, 9.17) is 27.9 Å². The predicted octanol–water partition coefficient (Wildman–Crippen LogP) is 5.47. The van der Waals surface area contributed by atoms with Gasteiger partial charge in [0, 0.05) is 21.9 Å². The molecular formula is C13H9BrCl2OS. The molecule has 0 aliphatic carbocycles. The largest absolute Gasteiger partial charge is 0.493 e. The molecule has 1 atom stereocenters. The number of rotatable bonds is 2. The summed E-state index contributed by atoms with van der Waals surface area (Å²) in [4.78, 5) is 1.22. The van der Waals surface area contributed by atoms with Crippen LogP contribution in [0.15, 0.2) is 24.3 Å². The summed E-state index contributed by atoms with van der Waals surface area (Å²) in [6.45, 7) is 0.730. The molecule has 0 fully saturated rings. The molecule has 0 N–H and O–H groups in total. The molecule has 0 saturated heterocycles. The molecule has 2 aromatic rings. The third-order valence-corrected chi connectivity index (χ3v) is 5.70. The minimum absolute atomic E-state index is 0.0700. The number of benzene rings is 1. The maximum atomic E-state index is 6.17. The molecule has 94 valence electrons. The van der Waals surface area contributed by atoms with Crippen LogP contribution in [0.2, 0.25) is 9.36 Å². The Balaban J connectivity index is 2.06. The van der Waals surface area contributed by atoms with Crippen molar-refractivity contribution in [2.75, 3.05) is 6.61 Å². The number of halogens is 3. The highest BCUT2D eigenvalue weighted by Gasteiger charge is 2.23. The quantitative estimate of drug-likeness (QED) is 0.642. The van der Waals surface area contributed by atoms with Gasteiger partial charge in [-0.1, -0.05) is 39.1 Å². The lowest BCUT2D eigenvalue weighted by atomic mass is 10.0. The van der Waals surface area contributed by atoms with Gasteiger partial charge in [-0.25, -0.2) is 0 Å². The Hall–Kier alpha value is -0.220. The molecule has 1 aliphatic rings. The Labute approximate surface area is 128 Å². The Morgan fingerprint density at radius 3 is 2.83 bits per heavy atom. The van der Waals surface area contributed by atoms with Crippen LogP contribution in [0.1, 0.15) is 20.8 Å². The standard InChI is InChI=1S/C13H9BrCl2OS/c14-12(10-1-2-11(16)18-10)9-6-8(15)5-7-3-4-17-13(7)9/h1-2,5-6,12H,3-4H2. The number of hydrogen-bond donors (Lipinski definition) is 0. The van der Waals surface area contributed by atoms with Gasteiger partial charge in [0.2, 0.25) is 0 Å². The molecule has 1 unspecified atom stereocenters. The summed E-state index contributed by atoms with van der Waals surface area (Å²) in [5.41, 5.74) is 2.26. The third kappa shape index (κ3) is 2.29. The van der Waals surface area contributed by atoms with Gasteiger partial charge in [-0.05, 0) is 29.8 Å². The summed E-state index contributed by atoms with van der Waals surface area (Å²) in [7, 11) is 0. The van der Waals surface area contributed by atoms with E-state index in [9.17, 15) is 0 Å². The van der Waals surface area contributed by atoms with Crippen LogP contribution in [0.25, 0.3) is 0 Å². The van der Waals surface area contributed by atoms with Crippen LogP contribution in [0.3, 0.4) is 0 Å². The highest BCUT2D eigenvalue weighted by molar-refractivity contribution is 9.09. The molecule has 1 aromatic carbocycles. The van der Waals surface area contributed by atoms with Crippen molar-refractivity contribution in [3.63, 3.8) is 0 Å². The van der Waals surface area contributed by atoms with Crippen molar-refractivity contribution in [1.82, 2.24) is 0 Å². The highest BCUT2D eigenvalue weighted by Crippen LogP contribution is 2.44. The summed E-state index contributed by atoms with van der Waals surface area (Å²) in [6, 6.07) is 7.86. The van der Waals surface area contributed by atoms with Crippen LogP contribution >= 0.6 is 50.5 Å². The fraction of sp³-hybridized carbons (Fsp3) is 0.231. The van der Waals surface area contributed by atoms with Crippen molar-refractivity contribution < 1.29 is 4.74 Å². The summed E-state index contributed by atoms with van der Waals surface area (Å²) >= 11 is 17.4. The molecule has 0 spiro atoms. The summed E-state index contributed by atoms with van der Waals surface area (Å²) in [6.07, 6.45) is 0.924. The fourth-order valence-corrected chi connectivity index (χ4v) is 4.18. The third-order valence-electron chi connectivity index (χ3n) is 2.89. The van der Waals surface area contributed by atoms with Gasteiger partial charge in [0.05, 0.1) is 15.8 Å². The van der Waals surface area contributed by atoms with Crippen LogP contribution in [0, 0.1) is 0 Å².